The van der Waals surface area contributed by atoms with E-state index >= 15 is 0 Å². The van der Waals surface area contributed by atoms with Gasteiger partial charge in [-0.05, 0) is 38.2 Å². The van der Waals surface area contributed by atoms with Crippen molar-refractivity contribution in [3.05, 3.63) is 35.8 Å². The van der Waals surface area contributed by atoms with Gasteiger partial charge in [0, 0.05) is 19.2 Å². The summed E-state index contributed by atoms with van der Waals surface area (Å²) in [5.74, 6) is 1.88. The first-order valence-electron chi connectivity index (χ1n) is 5.98. The Bertz CT molecular complexity index is 529. The largest absolute Gasteiger partial charge is 0.497 e. The molecule has 0 aliphatic heterocycles. The Morgan fingerprint density at radius 3 is 2.50 bits per heavy atom. The number of aryl methyl sites for hydroxylation is 1. The third-order valence-corrected chi connectivity index (χ3v) is 3.14. The lowest BCUT2D eigenvalue weighted by Crippen LogP contribution is -2.10. The van der Waals surface area contributed by atoms with Crippen molar-refractivity contribution in [3.63, 3.8) is 0 Å². The molecule has 96 valence electrons. The van der Waals surface area contributed by atoms with Crippen LogP contribution in [0.2, 0.25) is 0 Å². The van der Waals surface area contributed by atoms with Crippen LogP contribution < -0.4 is 10.1 Å². The molecule has 1 aromatic heterocycles. The fourth-order valence-electron chi connectivity index (χ4n) is 2.01. The van der Waals surface area contributed by atoms with Gasteiger partial charge in [0.25, 0.3) is 0 Å². The SMILES string of the molecule is CNCc1c(-c2ccc(OC)cc2)nc(C)n1C. The quantitative estimate of drug-likeness (QED) is 0.896. The van der Waals surface area contributed by atoms with Crippen molar-refractivity contribution < 1.29 is 4.74 Å². The Morgan fingerprint density at radius 2 is 1.94 bits per heavy atom. The minimum atomic E-state index is 0.804. The molecule has 0 radical (unpaired) electrons. The summed E-state index contributed by atoms with van der Waals surface area (Å²) in [5.41, 5.74) is 3.34. The number of hydrogen-bond donors (Lipinski definition) is 1. The number of aromatic nitrogens is 2. The maximum atomic E-state index is 5.17. The zero-order valence-corrected chi connectivity index (χ0v) is 11.3. The van der Waals surface area contributed by atoms with Crippen LogP contribution in [0.5, 0.6) is 5.75 Å². The highest BCUT2D eigenvalue weighted by molar-refractivity contribution is 5.63. The minimum Gasteiger partial charge on any atom is -0.497 e. The van der Waals surface area contributed by atoms with E-state index in [0.29, 0.717) is 0 Å². The highest BCUT2D eigenvalue weighted by Gasteiger charge is 2.13. The van der Waals surface area contributed by atoms with Crippen molar-refractivity contribution in [3.8, 4) is 17.0 Å². The zero-order valence-electron chi connectivity index (χ0n) is 11.3. The molecule has 0 amide bonds. The molecule has 0 bridgehead atoms. The van der Waals surface area contributed by atoms with Gasteiger partial charge in [-0.15, -0.1) is 0 Å². The van der Waals surface area contributed by atoms with E-state index in [9.17, 15) is 0 Å². The van der Waals surface area contributed by atoms with Gasteiger partial charge >= 0.3 is 0 Å². The molecule has 0 fully saturated rings. The van der Waals surface area contributed by atoms with Crippen LogP contribution in [0.4, 0.5) is 0 Å². The Labute approximate surface area is 108 Å². The molecule has 4 nitrogen and oxygen atoms in total. The molecule has 0 saturated heterocycles. The van der Waals surface area contributed by atoms with E-state index in [4.69, 9.17) is 4.74 Å². The second kappa shape index (κ2) is 5.23. The van der Waals surface area contributed by atoms with Gasteiger partial charge in [-0.2, -0.15) is 0 Å². The van der Waals surface area contributed by atoms with Crippen molar-refractivity contribution in [2.24, 2.45) is 7.05 Å². The summed E-state index contributed by atoms with van der Waals surface area (Å²) in [7, 11) is 5.66. The van der Waals surface area contributed by atoms with Gasteiger partial charge in [0.1, 0.15) is 11.6 Å². The van der Waals surface area contributed by atoms with Gasteiger partial charge in [-0.3, -0.25) is 0 Å². The monoisotopic (exact) mass is 245 g/mol. The molecule has 2 rings (SSSR count). The normalized spacial score (nSPS) is 10.7. The topological polar surface area (TPSA) is 39.1 Å². The molecule has 1 aromatic carbocycles. The van der Waals surface area contributed by atoms with Gasteiger partial charge in [-0.1, -0.05) is 0 Å². The first-order chi connectivity index (χ1) is 8.67. The first-order valence-corrected chi connectivity index (χ1v) is 5.98. The fraction of sp³-hybridized carbons (Fsp3) is 0.357. The van der Waals surface area contributed by atoms with E-state index in [1.54, 1.807) is 7.11 Å². The Hall–Kier alpha value is -1.81. The van der Waals surface area contributed by atoms with E-state index in [2.05, 4.69) is 14.9 Å². The van der Waals surface area contributed by atoms with Crippen molar-refractivity contribution >= 4 is 0 Å². The number of hydrogen-bond acceptors (Lipinski definition) is 3. The lowest BCUT2D eigenvalue weighted by Gasteiger charge is -2.06. The molecule has 0 saturated carbocycles. The van der Waals surface area contributed by atoms with Crippen LogP contribution in [0.1, 0.15) is 11.5 Å². The lowest BCUT2D eigenvalue weighted by molar-refractivity contribution is 0.415. The number of imidazole rings is 1. The summed E-state index contributed by atoms with van der Waals surface area (Å²) in [6.45, 7) is 2.82. The summed E-state index contributed by atoms with van der Waals surface area (Å²) >= 11 is 0. The number of nitrogens with zero attached hydrogens (tertiary/aromatic N) is 2. The predicted octanol–water partition coefficient (Wildman–Crippen LogP) is 2.12. The second-order valence-electron chi connectivity index (χ2n) is 4.27. The summed E-state index contributed by atoms with van der Waals surface area (Å²) in [5, 5.41) is 3.19. The average molecular weight is 245 g/mol. The molecular weight excluding hydrogens is 226 g/mol. The Kier molecular flexibility index (Phi) is 3.67. The standard InChI is InChI=1S/C14H19N3O/c1-10-16-14(13(9-15-2)17(10)3)11-5-7-12(18-4)8-6-11/h5-8,15H,9H2,1-4H3. The molecule has 4 heteroatoms. The third-order valence-electron chi connectivity index (χ3n) is 3.14. The molecule has 2 aromatic rings. The van der Waals surface area contributed by atoms with Crippen LogP contribution in [0.25, 0.3) is 11.3 Å². The number of nitrogens with one attached hydrogen (secondary N) is 1. The zero-order chi connectivity index (χ0) is 13.1. The second-order valence-corrected chi connectivity index (χ2v) is 4.27. The van der Waals surface area contributed by atoms with Crippen LogP contribution in [-0.2, 0) is 13.6 Å². The van der Waals surface area contributed by atoms with E-state index < -0.39 is 0 Å². The van der Waals surface area contributed by atoms with Crippen LogP contribution >= 0.6 is 0 Å². The minimum absolute atomic E-state index is 0.804. The molecule has 18 heavy (non-hydrogen) atoms. The number of rotatable bonds is 4. The summed E-state index contributed by atoms with van der Waals surface area (Å²) in [4.78, 5) is 4.64. The molecule has 0 aliphatic rings. The summed E-state index contributed by atoms with van der Waals surface area (Å²) < 4.78 is 7.29. The van der Waals surface area contributed by atoms with Crippen molar-refractivity contribution in [2.45, 2.75) is 13.5 Å². The molecule has 1 heterocycles. The van der Waals surface area contributed by atoms with Crippen molar-refractivity contribution in [1.82, 2.24) is 14.9 Å². The lowest BCUT2D eigenvalue weighted by atomic mass is 10.1. The predicted molar refractivity (Wildman–Crippen MR) is 72.7 cm³/mol. The Balaban J connectivity index is 2.45. The van der Waals surface area contributed by atoms with E-state index in [-0.39, 0.29) is 0 Å². The summed E-state index contributed by atoms with van der Waals surface area (Å²) in [6, 6.07) is 8.00. The fourth-order valence-corrected chi connectivity index (χ4v) is 2.01. The smallest absolute Gasteiger partial charge is 0.118 e. The maximum Gasteiger partial charge on any atom is 0.118 e. The van der Waals surface area contributed by atoms with E-state index in [1.165, 1.54) is 5.69 Å². The van der Waals surface area contributed by atoms with Crippen LogP contribution in [0.15, 0.2) is 24.3 Å². The Morgan fingerprint density at radius 1 is 1.28 bits per heavy atom. The molecule has 0 aliphatic carbocycles. The van der Waals surface area contributed by atoms with Gasteiger partial charge in [0.15, 0.2) is 0 Å². The van der Waals surface area contributed by atoms with Crippen LogP contribution in [0, 0.1) is 6.92 Å². The van der Waals surface area contributed by atoms with E-state index in [0.717, 1.165) is 29.4 Å². The van der Waals surface area contributed by atoms with Gasteiger partial charge < -0.3 is 14.6 Å². The molecule has 0 spiro atoms. The highest BCUT2D eigenvalue weighted by atomic mass is 16.5. The molecular formula is C14H19N3O. The number of ether oxygens (including phenoxy) is 1. The van der Waals surface area contributed by atoms with Gasteiger partial charge in [0.2, 0.25) is 0 Å². The highest BCUT2D eigenvalue weighted by Crippen LogP contribution is 2.25. The van der Waals surface area contributed by atoms with Crippen LogP contribution in [-0.4, -0.2) is 23.7 Å². The van der Waals surface area contributed by atoms with Crippen molar-refractivity contribution in [2.75, 3.05) is 14.2 Å². The maximum absolute atomic E-state index is 5.17. The van der Waals surface area contributed by atoms with Gasteiger partial charge in [0.05, 0.1) is 18.5 Å². The first kappa shape index (κ1) is 12.6. The van der Waals surface area contributed by atoms with E-state index in [1.807, 2.05) is 45.3 Å². The van der Waals surface area contributed by atoms with Crippen LogP contribution in [0.3, 0.4) is 0 Å². The molecule has 0 atom stereocenters. The molecule has 0 unspecified atom stereocenters. The average Bonchev–Trinajstić information content (AvgIpc) is 2.68. The number of benzene rings is 1. The number of methoxy groups -OCH3 is 1. The third kappa shape index (κ3) is 2.24. The van der Waals surface area contributed by atoms with Crippen molar-refractivity contribution in [1.29, 1.82) is 0 Å². The molecule has 1 N–H and O–H groups in total. The summed E-state index contributed by atoms with van der Waals surface area (Å²) in [6.07, 6.45) is 0. The van der Waals surface area contributed by atoms with Gasteiger partial charge in [-0.25, -0.2) is 4.98 Å².